The van der Waals surface area contributed by atoms with Crippen LogP contribution in [0.2, 0.25) is 0 Å². The molecule has 0 atom stereocenters. The monoisotopic (exact) mass is 481 g/mol. The van der Waals surface area contributed by atoms with E-state index in [1.807, 2.05) is 18.2 Å². The molecular weight excluding hydrogens is 450 g/mol. The Bertz CT molecular complexity index is 1100. The SMILES string of the molecule is CC(=O)c1ccccc1NC(=O)CCCSc1nnc(N2CCC(C)CC2)n1Cc1ccco1. The summed E-state index contributed by atoms with van der Waals surface area (Å²) in [6.45, 7) is 6.32. The fourth-order valence-electron chi connectivity index (χ4n) is 4.04. The second-order valence-corrected chi connectivity index (χ2v) is 9.78. The summed E-state index contributed by atoms with van der Waals surface area (Å²) in [6.07, 6.45) is 5.03. The molecule has 3 aromatic rings. The number of hydrogen-bond donors (Lipinski definition) is 1. The van der Waals surface area contributed by atoms with Crippen LogP contribution in [-0.4, -0.2) is 45.3 Å². The van der Waals surface area contributed by atoms with Crippen LogP contribution in [0.25, 0.3) is 0 Å². The average molecular weight is 482 g/mol. The van der Waals surface area contributed by atoms with Crippen LogP contribution in [0.1, 0.15) is 55.6 Å². The minimum atomic E-state index is -0.102. The van der Waals surface area contributed by atoms with Gasteiger partial charge < -0.3 is 14.6 Å². The Hall–Kier alpha value is -3.07. The van der Waals surface area contributed by atoms with Crippen molar-refractivity contribution in [3.05, 3.63) is 54.0 Å². The number of Topliss-reactive ketones (excluding diaryl/α,β-unsaturated/α-hetero) is 1. The van der Waals surface area contributed by atoms with E-state index in [-0.39, 0.29) is 11.7 Å². The smallest absolute Gasteiger partial charge is 0.228 e. The number of rotatable bonds is 10. The lowest BCUT2D eigenvalue weighted by atomic mass is 10.00. The Labute approximate surface area is 204 Å². The van der Waals surface area contributed by atoms with Crippen molar-refractivity contribution >= 4 is 35.1 Å². The summed E-state index contributed by atoms with van der Waals surface area (Å²) >= 11 is 1.60. The van der Waals surface area contributed by atoms with E-state index in [0.29, 0.717) is 30.6 Å². The third kappa shape index (κ3) is 6.08. The van der Waals surface area contributed by atoms with E-state index in [4.69, 9.17) is 4.42 Å². The van der Waals surface area contributed by atoms with Gasteiger partial charge in [0.15, 0.2) is 10.9 Å². The minimum Gasteiger partial charge on any atom is -0.467 e. The summed E-state index contributed by atoms with van der Waals surface area (Å²) in [7, 11) is 0. The maximum atomic E-state index is 12.4. The molecule has 2 aromatic heterocycles. The molecule has 0 saturated carbocycles. The van der Waals surface area contributed by atoms with Gasteiger partial charge in [-0.05, 0) is 56.4 Å². The number of ketones is 1. The molecule has 4 rings (SSSR count). The zero-order valence-corrected chi connectivity index (χ0v) is 20.5. The van der Waals surface area contributed by atoms with Gasteiger partial charge in [0, 0.05) is 30.8 Å². The van der Waals surface area contributed by atoms with E-state index in [2.05, 4.69) is 31.9 Å². The van der Waals surface area contributed by atoms with E-state index < -0.39 is 0 Å². The van der Waals surface area contributed by atoms with Crippen molar-refractivity contribution in [2.45, 2.75) is 51.2 Å². The lowest BCUT2D eigenvalue weighted by Gasteiger charge is -2.31. The number of carbonyl (C=O) groups is 2. The van der Waals surface area contributed by atoms with Gasteiger partial charge in [0.1, 0.15) is 5.76 Å². The fourth-order valence-corrected chi connectivity index (χ4v) is 4.91. The maximum absolute atomic E-state index is 12.4. The standard InChI is InChI=1S/C25H31N5O3S/c1-18-11-13-29(14-12-18)24-27-28-25(30(24)17-20-7-5-15-33-20)34-16-6-10-23(32)26-22-9-4-3-8-21(22)19(2)31/h3-5,7-9,15,18H,6,10-14,16-17H2,1-2H3,(H,26,32). The number of hydrogen-bond acceptors (Lipinski definition) is 7. The van der Waals surface area contributed by atoms with E-state index >= 15 is 0 Å². The quantitative estimate of drug-likeness (QED) is 0.251. The van der Waals surface area contributed by atoms with Gasteiger partial charge in [-0.2, -0.15) is 0 Å². The van der Waals surface area contributed by atoms with Crippen molar-refractivity contribution in [2.75, 3.05) is 29.1 Å². The first-order valence-corrected chi connectivity index (χ1v) is 12.7. The normalized spacial score (nSPS) is 14.4. The highest BCUT2D eigenvalue weighted by Crippen LogP contribution is 2.27. The van der Waals surface area contributed by atoms with E-state index in [1.165, 1.54) is 6.92 Å². The lowest BCUT2D eigenvalue weighted by Crippen LogP contribution is -2.35. The highest BCUT2D eigenvalue weighted by molar-refractivity contribution is 7.99. The number of nitrogens with zero attached hydrogens (tertiary/aromatic N) is 4. The Morgan fingerprint density at radius 2 is 1.94 bits per heavy atom. The Morgan fingerprint density at radius 1 is 1.15 bits per heavy atom. The molecule has 34 heavy (non-hydrogen) atoms. The topological polar surface area (TPSA) is 93.3 Å². The van der Waals surface area contributed by atoms with E-state index in [1.54, 1.807) is 36.2 Å². The third-order valence-corrected chi connectivity index (χ3v) is 7.07. The molecule has 0 spiro atoms. The van der Waals surface area contributed by atoms with Crippen LogP contribution < -0.4 is 10.2 Å². The summed E-state index contributed by atoms with van der Waals surface area (Å²) < 4.78 is 7.69. The molecule has 0 radical (unpaired) electrons. The largest absolute Gasteiger partial charge is 0.467 e. The van der Waals surface area contributed by atoms with Crippen LogP contribution in [0.3, 0.4) is 0 Å². The number of aromatic nitrogens is 3. The van der Waals surface area contributed by atoms with Crippen molar-refractivity contribution in [1.29, 1.82) is 0 Å². The van der Waals surface area contributed by atoms with Gasteiger partial charge in [-0.25, -0.2) is 0 Å². The van der Waals surface area contributed by atoms with Crippen molar-refractivity contribution < 1.29 is 14.0 Å². The molecule has 1 aliphatic rings. The van der Waals surface area contributed by atoms with Gasteiger partial charge in [-0.15, -0.1) is 10.2 Å². The number of benzene rings is 1. The molecule has 1 aliphatic heterocycles. The highest BCUT2D eigenvalue weighted by atomic mass is 32.2. The predicted octanol–water partition coefficient (Wildman–Crippen LogP) is 4.87. The molecule has 8 nitrogen and oxygen atoms in total. The first-order chi connectivity index (χ1) is 16.5. The maximum Gasteiger partial charge on any atom is 0.228 e. The van der Waals surface area contributed by atoms with Crippen LogP contribution in [0.15, 0.2) is 52.2 Å². The third-order valence-electron chi connectivity index (χ3n) is 6.02. The molecule has 3 heterocycles. The van der Waals surface area contributed by atoms with E-state index in [0.717, 1.165) is 54.5 Å². The van der Waals surface area contributed by atoms with Crippen LogP contribution in [0.5, 0.6) is 0 Å². The summed E-state index contributed by atoms with van der Waals surface area (Å²) in [5, 5.41) is 12.7. The molecule has 1 aromatic carbocycles. The fraction of sp³-hybridized carbons (Fsp3) is 0.440. The molecular formula is C25H31N5O3S. The molecule has 0 aliphatic carbocycles. The van der Waals surface area contributed by atoms with Gasteiger partial charge in [0.2, 0.25) is 11.9 Å². The first kappa shape index (κ1) is 24.1. The molecule has 180 valence electrons. The zero-order valence-electron chi connectivity index (χ0n) is 19.7. The summed E-state index contributed by atoms with van der Waals surface area (Å²) in [5.41, 5.74) is 1.09. The molecule has 1 amide bonds. The number of furan rings is 1. The van der Waals surface area contributed by atoms with Crippen molar-refractivity contribution in [3.63, 3.8) is 0 Å². The van der Waals surface area contributed by atoms with Crippen LogP contribution in [0.4, 0.5) is 11.6 Å². The number of anilines is 2. The summed E-state index contributed by atoms with van der Waals surface area (Å²) in [5.74, 6) is 3.03. The minimum absolute atomic E-state index is 0.0682. The van der Waals surface area contributed by atoms with Gasteiger partial charge in [0.25, 0.3) is 0 Å². The Kier molecular flexibility index (Phi) is 8.05. The van der Waals surface area contributed by atoms with Crippen molar-refractivity contribution in [1.82, 2.24) is 14.8 Å². The zero-order chi connectivity index (χ0) is 23.9. The second kappa shape index (κ2) is 11.4. The van der Waals surface area contributed by atoms with Crippen LogP contribution >= 0.6 is 11.8 Å². The molecule has 1 fully saturated rings. The summed E-state index contributed by atoms with van der Waals surface area (Å²) in [6, 6.07) is 10.9. The summed E-state index contributed by atoms with van der Waals surface area (Å²) in [4.78, 5) is 26.5. The molecule has 0 bridgehead atoms. The van der Waals surface area contributed by atoms with Crippen molar-refractivity contribution in [3.8, 4) is 0 Å². The number of para-hydroxylation sites is 1. The molecule has 1 saturated heterocycles. The van der Waals surface area contributed by atoms with Gasteiger partial charge in [-0.1, -0.05) is 30.8 Å². The Balaban J connectivity index is 1.35. The van der Waals surface area contributed by atoms with Crippen molar-refractivity contribution in [2.24, 2.45) is 5.92 Å². The number of amides is 1. The Morgan fingerprint density at radius 3 is 2.68 bits per heavy atom. The number of carbonyl (C=O) groups excluding carboxylic acids is 2. The first-order valence-electron chi connectivity index (χ1n) is 11.7. The number of nitrogens with one attached hydrogen (secondary N) is 1. The predicted molar refractivity (Wildman–Crippen MR) is 133 cm³/mol. The van der Waals surface area contributed by atoms with E-state index in [9.17, 15) is 9.59 Å². The molecule has 1 N–H and O–H groups in total. The van der Waals surface area contributed by atoms with Crippen LogP contribution in [0, 0.1) is 5.92 Å². The molecule has 0 unspecified atom stereocenters. The second-order valence-electron chi connectivity index (χ2n) is 8.72. The highest BCUT2D eigenvalue weighted by Gasteiger charge is 2.23. The number of thioether (sulfide) groups is 1. The van der Waals surface area contributed by atoms with Gasteiger partial charge >= 0.3 is 0 Å². The number of piperidine rings is 1. The molecule has 9 heteroatoms. The van der Waals surface area contributed by atoms with Gasteiger partial charge in [-0.3, -0.25) is 14.2 Å². The lowest BCUT2D eigenvalue weighted by molar-refractivity contribution is -0.116. The van der Waals surface area contributed by atoms with Gasteiger partial charge in [0.05, 0.1) is 18.5 Å². The van der Waals surface area contributed by atoms with Crippen LogP contribution in [-0.2, 0) is 11.3 Å². The average Bonchev–Trinajstić information content (AvgIpc) is 3.48.